The molecular formula is C29H28N2O8S2. The molecule has 3 amide bonds. The molecule has 4 rings (SSSR count). The molecule has 0 saturated carbocycles. The van der Waals surface area contributed by atoms with Crippen LogP contribution in [0.5, 0.6) is 17.2 Å². The maximum Gasteiger partial charge on any atom is 0.339 e. The average molecular weight is 597 g/mol. The van der Waals surface area contributed by atoms with E-state index in [1.54, 1.807) is 6.07 Å². The lowest BCUT2D eigenvalue weighted by atomic mass is 10.1. The van der Waals surface area contributed by atoms with Crippen LogP contribution in [-0.4, -0.2) is 50.6 Å². The summed E-state index contributed by atoms with van der Waals surface area (Å²) >= 11 is 0.782. The van der Waals surface area contributed by atoms with Gasteiger partial charge in [0, 0.05) is 12.6 Å². The Morgan fingerprint density at radius 2 is 1.71 bits per heavy atom. The number of amides is 3. The minimum absolute atomic E-state index is 0.0747. The highest BCUT2D eigenvalue weighted by molar-refractivity contribution is 8.18. The number of carbonyl (C=O) groups is 3. The van der Waals surface area contributed by atoms with Gasteiger partial charge in [0.1, 0.15) is 17.3 Å². The highest BCUT2D eigenvalue weighted by Gasteiger charge is 2.35. The molecule has 1 fully saturated rings. The second-order valence-corrected chi connectivity index (χ2v) is 11.6. The number of aryl methyl sites for hydroxylation is 2. The van der Waals surface area contributed by atoms with Crippen molar-refractivity contribution in [2.75, 3.05) is 25.6 Å². The van der Waals surface area contributed by atoms with Crippen LogP contribution in [0.1, 0.15) is 23.6 Å². The monoisotopic (exact) mass is 596 g/mol. The Hall–Kier alpha value is -4.29. The second-order valence-electron chi connectivity index (χ2n) is 9.10. The number of nitrogens with zero attached hydrogens (tertiary/aromatic N) is 1. The third-order valence-corrected chi connectivity index (χ3v) is 8.09. The van der Waals surface area contributed by atoms with Crippen molar-refractivity contribution in [1.29, 1.82) is 0 Å². The Morgan fingerprint density at radius 1 is 0.976 bits per heavy atom. The van der Waals surface area contributed by atoms with Crippen LogP contribution < -0.4 is 19.0 Å². The molecule has 3 aromatic rings. The summed E-state index contributed by atoms with van der Waals surface area (Å²) in [4.78, 5) is 37.9. The van der Waals surface area contributed by atoms with Gasteiger partial charge in [0.2, 0.25) is 5.91 Å². The number of anilines is 1. The van der Waals surface area contributed by atoms with Gasteiger partial charge in [-0.1, -0.05) is 18.2 Å². The number of imide groups is 1. The molecule has 0 aromatic heterocycles. The van der Waals surface area contributed by atoms with Gasteiger partial charge in [0.05, 0.1) is 18.6 Å². The number of hydrogen-bond acceptors (Lipinski definition) is 9. The number of carbonyl (C=O) groups excluding carboxylic acids is 3. The molecule has 1 aliphatic rings. The average Bonchev–Trinajstić information content (AvgIpc) is 3.18. The Kier molecular flexibility index (Phi) is 9.04. The molecular weight excluding hydrogens is 568 g/mol. The van der Waals surface area contributed by atoms with Crippen LogP contribution in [0.4, 0.5) is 10.5 Å². The lowest BCUT2D eigenvalue weighted by Gasteiger charge is -2.14. The molecule has 0 radical (unpaired) electrons. The van der Waals surface area contributed by atoms with Crippen molar-refractivity contribution in [3.8, 4) is 17.2 Å². The highest BCUT2D eigenvalue weighted by atomic mass is 32.2. The van der Waals surface area contributed by atoms with E-state index in [0.29, 0.717) is 17.0 Å². The normalized spacial score (nSPS) is 14.3. The first-order valence-corrected chi connectivity index (χ1v) is 14.6. The fourth-order valence-corrected chi connectivity index (χ4v) is 5.67. The Balaban J connectivity index is 1.48. The summed E-state index contributed by atoms with van der Waals surface area (Å²) in [5.41, 5.74) is 2.84. The van der Waals surface area contributed by atoms with Crippen molar-refractivity contribution in [2.24, 2.45) is 0 Å². The number of thioether (sulfide) groups is 1. The van der Waals surface area contributed by atoms with Crippen LogP contribution in [-0.2, 0) is 19.7 Å². The maximum absolute atomic E-state index is 13.0. The van der Waals surface area contributed by atoms with Crippen molar-refractivity contribution in [1.82, 2.24) is 4.90 Å². The van der Waals surface area contributed by atoms with Gasteiger partial charge in [0.25, 0.3) is 11.1 Å². The van der Waals surface area contributed by atoms with E-state index in [0.717, 1.165) is 27.8 Å². The Bertz CT molecular complexity index is 1630. The zero-order valence-corrected chi connectivity index (χ0v) is 24.4. The van der Waals surface area contributed by atoms with E-state index in [4.69, 9.17) is 13.7 Å². The molecule has 12 heteroatoms. The van der Waals surface area contributed by atoms with Crippen molar-refractivity contribution in [3.63, 3.8) is 0 Å². The van der Waals surface area contributed by atoms with E-state index in [1.807, 2.05) is 32.0 Å². The van der Waals surface area contributed by atoms with Crippen LogP contribution in [0.15, 0.2) is 70.5 Å². The fourth-order valence-electron chi connectivity index (χ4n) is 3.88. The highest BCUT2D eigenvalue weighted by Crippen LogP contribution is 2.35. The molecule has 0 unspecified atom stereocenters. The smallest absolute Gasteiger partial charge is 0.339 e. The number of hydrogen-bond donors (Lipinski definition) is 1. The first-order valence-electron chi connectivity index (χ1n) is 12.4. The number of benzene rings is 3. The summed E-state index contributed by atoms with van der Waals surface area (Å²) in [7, 11) is -2.90. The summed E-state index contributed by atoms with van der Waals surface area (Å²) in [6, 6.07) is 15.8. The number of nitrogens with one attached hydrogen (secondary N) is 1. The molecule has 41 heavy (non-hydrogen) atoms. The van der Waals surface area contributed by atoms with Gasteiger partial charge in [-0.3, -0.25) is 19.3 Å². The van der Waals surface area contributed by atoms with E-state index < -0.39 is 21.3 Å². The topological polar surface area (TPSA) is 128 Å². The second kappa shape index (κ2) is 12.5. The summed E-state index contributed by atoms with van der Waals surface area (Å²) in [5.74, 6) is -0.0285. The van der Waals surface area contributed by atoms with Crippen LogP contribution in [0.3, 0.4) is 0 Å². The van der Waals surface area contributed by atoms with E-state index in [1.165, 1.54) is 56.5 Å². The molecule has 3 aromatic carbocycles. The van der Waals surface area contributed by atoms with E-state index >= 15 is 0 Å². The van der Waals surface area contributed by atoms with E-state index in [2.05, 4.69) is 5.32 Å². The van der Waals surface area contributed by atoms with Gasteiger partial charge in [-0.05, 0) is 90.8 Å². The number of methoxy groups -OCH3 is 1. The molecule has 0 bridgehead atoms. The van der Waals surface area contributed by atoms with Crippen LogP contribution in [0.25, 0.3) is 6.08 Å². The summed E-state index contributed by atoms with van der Waals surface area (Å²) in [5, 5.41) is 2.13. The van der Waals surface area contributed by atoms with Gasteiger partial charge < -0.3 is 19.0 Å². The summed E-state index contributed by atoms with van der Waals surface area (Å²) in [6.45, 7) is 5.42. The van der Waals surface area contributed by atoms with Gasteiger partial charge in [0.15, 0.2) is 11.5 Å². The van der Waals surface area contributed by atoms with Crippen LogP contribution in [0, 0.1) is 13.8 Å². The van der Waals surface area contributed by atoms with Crippen molar-refractivity contribution < 1.29 is 36.5 Å². The first-order chi connectivity index (χ1) is 19.5. The molecule has 0 aliphatic carbocycles. The van der Waals surface area contributed by atoms with Gasteiger partial charge in [-0.15, -0.1) is 0 Å². The van der Waals surface area contributed by atoms with Gasteiger partial charge >= 0.3 is 10.1 Å². The first kappa shape index (κ1) is 29.7. The molecule has 1 aliphatic heterocycles. The SMILES string of the molecule is COc1ccc(/C=C2\SC(=O)N(CCOc3cc(C)ccc3C)C2=O)cc1OS(=O)(=O)c1ccc(NC(C)=O)cc1. The molecule has 1 heterocycles. The summed E-state index contributed by atoms with van der Waals surface area (Å²) in [6.07, 6.45) is 1.48. The quantitative estimate of drug-likeness (QED) is 0.249. The van der Waals surface area contributed by atoms with E-state index in [9.17, 15) is 22.8 Å². The van der Waals surface area contributed by atoms with Crippen LogP contribution in [0.2, 0.25) is 0 Å². The molecule has 0 spiro atoms. The van der Waals surface area contributed by atoms with Crippen molar-refractivity contribution >= 4 is 50.7 Å². The van der Waals surface area contributed by atoms with E-state index in [-0.39, 0.29) is 40.4 Å². The third-order valence-electron chi connectivity index (χ3n) is 5.94. The summed E-state index contributed by atoms with van der Waals surface area (Å²) < 4.78 is 42.3. The zero-order chi connectivity index (χ0) is 29.7. The minimum Gasteiger partial charge on any atom is -0.493 e. The predicted octanol–water partition coefficient (Wildman–Crippen LogP) is 5.15. The largest absolute Gasteiger partial charge is 0.493 e. The molecule has 1 N–H and O–H groups in total. The zero-order valence-electron chi connectivity index (χ0n) is 22.8. The lowest BCUT2D eigenvalue weighted by molar-refractivity contribution is -0.123. The molecule has 10 nitrogen and oxygen atoms in total. The molecule has 0 atom stereocenters. The standard InChI is InChI=1S/C29H28N2O8S2/c1-18-5-6-19(2)25(15-18)38-14-13-31-28(33)27(40-29(31)34)17-21-7-12-24(37-4)26(16-21)39-41(35,36)23-10-8-22(9-11-23)30-20(3)32/h5-12,15-17H,13-14H2,1-4H3,(H,30,32)/b27-17-. The third kappa shape index (κ3) is 7.27. The maximum atomic E-state index is 13.0. The fraction of sp³-hybridized carbons (Fsp3) is 0.207. The lowest BCUT2D eigenvalue weighted by Crippen LogP contribution is -2.32. The van der Waals surface area contributed by atoms with Gasteiger partial charge in [-0.25, -0.2) is 0 Å². The Labute approximate surface area is 242 Å². The predicted molar refractivity (Wildman–Crippen MR) is 156 cm³/mol. The number of rotatable bonds is 10. The van der Waals surface area contributed by atoms with Crippen LogP contribution >= 0.6 is 11.8 Å². The van der Waals surface area contributed by atoms with Crippen molar-refractivity contribution in [2.45, 2.75) is 25.7 Å². The van der Waals surface area contributed by atoms with Crippen molar-refractivity contribution in [3.05, 3.63) is 82.3 Å². The Morgan fingerprint density at radius 3 is 2.39 bits per heavy atom. The molecule has 214 valence electrons. The number of ether oxygens (including phenoxy) is 2. The molecule has 1 saturated heterocycles. The minimum atomic E-state index is -4.26. The van der Waals surface area contributed by atoms with Gasteiger partial charge in [-0.2, -0.15) is 8.42 Å².